The van der Waals surface area contributed by atoms with E-state index in [0.717, 1.165) is 18.7 Å². The zero-order valence-electron chi connectivity index (χ0n) is 15.9. The zero-order valence-corrected chi connectivity index (χ0v) is 16.7. The van der Waals surface area contributed by atoms with Crippen molar-refractivity contribution in [1.82, 2.24) is 4.90 Å². The highest BCUT2D eigenvalue weighted by Crippen LogP contribution is 2.35. The second kappa shape index (κ2) is 7.43. The van der Waals surface area contributed by atoms with Crippen molar-refractivity contribution < 1.29 is 17.9 Å². The molecule has 3 aliphatic rings. The smallest absolute Gasteiger partial charge is 0.254 e. The third-order valence-corrected chi connectivity index (χ3v) is 8.09. The quantitative estimate of drug-likeness (QED) is 0.792. The molecule has 7 heteroatoms. The summed E-state index contributed by atoms with van der Waals surface area (Å²) in [5, 5.41) is 0. The predicted molar refractivity (Wildman–Crippen MR) is 104 cm³/mol. The zero-order chi connectivity index (χ0) is 19.0. The van der Waals surface area contributed by atoms with Crippen LogP contribution in [0.5, 0.6) is 0 Å². The van der Waals surface area contributed by atoms with E-state index in [2.05, 4.69) is 0 Å². The lowest BCUT2D eigenvalue weighted by atomic mass is 9.76. The van der Waals surface area contributed by atoms with Crippen LogP contribution in [0.1, 0.15) is 41.6 Å². The molecule has 6 nitrogen and oxygen atoms in total. The maximum absolute atomic E-state index is 13.1. The molecule has 0 radical (unpaired) electrons. The molecule has 2 saturated heterocycles. The second-order valence-corrected chi connectivity index (χ2v) is 10.0. The van der Waals surface area contributed by atoms with Gasteiger partial charge >= 0.3 is 0 Å². The fourth-order valence-electron chi connectivity index (χ4n) is 4.36. The van der Waals surface area contributed by atoms with Crippen molar-refractivity contribution in [3.05, 3.63) is 29.3 Å². The Balaban J connectivity index is 1.52. The Morgan fingerprint density at radius 3 is 2.59 bits per heavy atom. The minimum Gasteiger partial charge on any atom is -0.379 e. The summed E-state index contributed by atoms with van der Waals surface area (Å²) in [4.78, 5) is 15.1. The molecule has 0 bridgehead atoms. The van der Waals surface area contributed by atoms with Crippen LogP contribution in [0.3, 0.4) is 0 Å². The number of hydrogen-bond acceptors (Lipinski definition) is 4. The van der Waals surface area contributed by atoms with Gasteiger partial charge in [0.25, 0.3) is 5.91 Å². The largest absolute Gasteiger partial charge is 0.379 e. The van der Waals surface area contributed by atoms with Crippen LogP contribution in [0.2, 0.25) is 0 Å². The van der Waals surface area contributed by atoms with Crippen molar-refractivity contribution in [1.29, 1.82) is 0 Å². The monoisotopic (exact) mass is 392 g/mol. The summed E-state index contributed by atoms with van der Waals surface area (Å²) >= 11 is 0. The van der Waals surface area contributed by atoms with E-state index in [0.29, 0.717) is 49.2 Å². The van der Waals surface area contributed by atoms with Crippen molar-refractivity contribution in [2.45, 2.75) is 32.6 Å². The van der Waals surface area contributed by atoms with Gasteiger partial charge in [0, 0.05) is 31.1 Å². The molecule has 3 fully saturated rings. The highest BCUT2D eigenvalue weighted by atomic mass is 32.2. The fourth-order valence-corrected chi connectivity index (χ4v) is 5.92. The van der Waals surface area contributed by atoms with E-state index in [4.69, 9.17) is 4.74 Å². The third-order valence-electron chi connectivity index (χ3n) is 6.22. The van der Waals surface area contributed by atoms with E-state index in [1.54, 1.807) is 12.1 Å². The average molecular weight is 393 g/mol. The second-order valence-electron chi connectivity index (χ2n) is 8.02. The lowest BCUT2D eigenvalue weighted by Crippen LogP contribution is -2.39. The normalized spacial score (nSPS) is 25.9. The van der Waals surface area contributed by atoms with Gasteiger partial charge in [0.05, 0.1) is 24.7 Å². The number of carbonyl (C=O) groups is 1. The molecule has 148 valence electrons. The standard InChI is InChI=1S/C20H28N2O4S/c1-15-12-18(22-8-3-11-27(22,24)25)6-7-19(15)20(23)21-9-10-26-14-17(13-21)16-4-2-5-16/h6-7,12,16-17H,2-5,8-11,13-14H2,1H3. The van der Waals surface area contributed by atoms with Crippen molar-refractivity contribution >= 4 is 21.6 Å². The number of hydrogen-bond donors (Lipinski definition) is 0. The van der Waals surface area contributed by atoms with Crippen LogP contribution in [0.25, 0.3) is 0 Å². The molecule has 0 aromatic heterocycles. The van der Waals surface area contributed by atoms with Crippen LogP contribution < -0.4 is 4.31 Å². The molecular weight excluding hydrogens is 364 g/mol. The van der Waals surface area contributed by atoms with Crippen molar-refractivity contribution in [2.75, 3.05) is 42.9 Å². The van der Waals surface area contributed by atoms with Crippen molar-refractivity contribution in [3.63, 3.8) is 0 Å². The number of benzene rings is 1. The van der Waals surface area contributed by atoms with Crippen LogP contribution >= 0.6 is 0 Å². The minimum atomic E-state index is -3.21. The topological polar surface area (TPSA) is 66.9 Å². The van der Waals surface area contributed by atoms with Gasteiger partial charge in [0.1, 0.15) is 0 Å². The summed E-state index contributed by atoms with van der Waals surface area (Å²) in [6.07, 6.45) is 4.43. The van der Waals surface area contributed by atoms with E-state index in [-0.39, 0.29) is 11.7 Å². The third kappa shape index (κ3) is 3.72. The molecule has 0 spiro atoms. The van der Waals surface area contributed by atoms with Gasteiger partial charge in [-0.25, -0.2) is 8.42 Å². The predicted octanol–water partition coefficient (Wildman–Crippen LogP) is 2.42. The summed E-state index contributed by atoms with van der Waals surface area (Å²) in [7, 11) is -3.21. The van der Waals surface area contributed by atoms with Gasteiger partial charge in [-0.15, -0.1) is 0 Å². The van der Waals surface area contributed by atoms with E-state index >= 15 is 0 Å². The van der Waals surface area contributed by atoms with Gasteiger partial charge < -0.3 is 9.64 Å². The summed E-state index contributed by atoms with van der Waals surface area (Å²) < 4.78 is 31.5. The van der Waals surface area contributed by atoms with Gasteiger partial charge in [-0.2, -0.15) is 0 Å². The van der Waals surface area contributed by atoms with Crippen LogP contribution in [-0.2, 0) is 14.8 Å². The molecule has 27 heavy (non-hydrogen) atoms. The Kier molecular flexibility index (Phi) is 5.16. The first-order chi connectivity index (χ1) is 13.0. The lowest BCUT2D eigenvalue weighted by molar-refractivity contribution is 0.0687. The number of nitrogens with zero attached hydrogens (tertiary/aromatic N) is 2. The van der Waals surface area contributed by atoms with Gasteiger partial charge in [0.15, 0.2) is 0 Å². The summed E-state index contributed by atoms with van der Waals surface area (Å²) in [6, 6.07) is 5.37. The Morgan fingerprint density at radius 1 is 1.15 bits per heavy atom. The number of anilines is 1. The molecule has 1 unspecified atom stereocenters. The van der Waals surface area contributed by atoms with Crippen LogP contribution in [0, 0.1) is 18.8 Å². The first-order valence-corrected chi connectivity index (χ1v) is 11.5. The van der Waals surface area contributed by atoms with Crippen molar-refractivity contribution in [3.8, 4) is 0 Å². The molecule has 0 N–H and O–H groups in total. The Bertz CT molecular complexity index is 819. The molecule has 1 aromatic rings. The van der Waals surface area contributed by atoms with Gasteiger partial charge in [-0.05, 0) is 43.0 Å². The van der Waals surface area contributed by atoms with E-state index in [9.17, 15) is 13.2 Å². The molecule has 1 aromatic carbocycles. The first kappa shape index (κ1) is 18.7. The van der Waals surface area contributed by atoms with E-state index in [1.165, 1.54) is 23.6 Å². The highest BCUT2D eigenvalue weighted by molar-refractivity contribution is 7.93. The summed E-state index contributed by atoms with van der Waals surface area (Å²) in [5.41, 5.74) is 2.14. The fraction of sp³-hybridized carbons (Fsp3) is 0.650. The van der Waals surface area contributed by atoms with E-state index < -0.39 is 10.0 Å². The van der Waals surface area contributed by atoms with Crippen LogP contribution in [-0.4, -0.2) is 57.8 Å². The number of carbonyl (C=O) groups excluding carboxylic acids is 1. The summed E-state index contributed by atoms with van der Waals surface area (Å²) in [5.74, 6) is 1.34. The molecular formula is C20H28N2O4S. The van der Waals surface area contributed by atoms with Crippen LogP contribution in [0.4, 0.5) is 5.69 Å². The SMILES string of the molecule is Cc1cc(N2CCCS2(=O)=O)ccc1C(=O)N1CCOCC(C2CCC2)C1. The Labute approximate surface area is 161 Å². The lowest BCUT2D eigenvalue weighted by Gasteiger charge is -2.35. The maximum atomic E-state index is 13.1. The molecule has 1 atom stereocenters. The Morgan fingerprint density at radius 2 is 1.96 bits per heavy atom. The van der Waals surface area contributed by atoms with Crippen molar-refractivity contribution in [2.24, 2.45) is 11.8 Å². The highest BCUT2D eigenvalue weighted by Gasteiger charge is 2.33. The Hall–Kier alpha value is -1.60. The molecule has 1 aliphatic carbocycles. The van der Waals surface area contributed by atoms with Gasteiger partial charge in [0.2, 0.25) is 10.0 Å². The summed E-state index contributed by atoms with van der Waals surface area (Å²) in [6.45, 7) is 5.10. The van der Waals surface area contributed by atoms with Gasteiger partial charge in [-0.3, -0.25) is 9.10 Å². The van der Waals surface area contributed by atoms with Gasteiger partial charge in [-0.1, -0.05) is 19.3 Å². The number of rotatable bonds is 3. The molecule has 2 aliphatic heterocycles. The average Bonchev–Trinajstić information content (AvgIpc) is 2.78. The number of amides is 1. The molecule has 1 amide bonds. The van der Waals surface area contributed by atoms with E-state index in [1.807, 2.05) is 17.9 Å². The molecule has 2 heterocycles. The maximum Gasteiger partial charge on any atom is 0.254 e. The first-order valence-electron chi connectivity index (χ1n) is 9.94. The minimum absolute atomic E-state index is 0.0261. The van der Waals surface area contributed by atoms with Crippen LogP contribution in [0.15, 0.2) is 18.2 Å². The number of ether oxygens (including phenoxy) is 1. The molecule has 4 rings (SSSR count). The number of aryl methyl sites for hydroxylation is 1. The number of sulfonamides is 1. The molecule has 1 saturated carbocycles.